The number of nitrogens with zero attached hydrogens (tertiary/aromatic N) is 3. The van der Waals surface area contributed by atoms with Gasteiger partial charge in [-0.15, -0.1) is 4.28 Å². The van der Waals surface area contributed by atoms with Gasteiger partial charge in [-0.25, -0.2) is 9.45 Å². The monoisotopic (exact) mass is 348 g/mol. The Morgan fingerprint density at radius 3 is 2.46 bits per heavy atom. The van der Waals surface area contributed by atoms with Gasteiger partial charge >= 0.3 is 11.4 Å². The van der Waals surface area contributed by atoms with Crippen molar-refractivity contribution in [2.24, 2.45) is 0 Å². The molecule has 1 aromatic carbocycles. The summed E-state index contributed by atoms with van der Waals surface area (Å²) in [5, 5.41) is 8.12. The number of rotatable bonds is 5. The average molecular weight is 348 g/mol. The molecule has 0 aliphatic heterocycles. The maximum absolute atomic E-state index is 13.2. The first-order valence-corrected chi connectivity index (χ1v) is 7.87. The lowest BCUT2D eigenvalue weighted by atomic mass is 10.0. The first kappa shape index (κ1) is 16.2. The van der Waals surface area contributed by atoms with Gasteiger partial charge in [-0.3, -0.25) is 14.6 Å². The second kappa shape index (κ2) is 6.87. The molecule has 1 unspecified atom stereocenters. The molecule has 2 N–H and O–H groups in total. The Morgan fingerprint density at radius 2 is 1.83 bits per heavy atom. The fourth-order valence-electron chi connectivity index (χ4n) is 2.31. The van der Waals surface area contributed by atoms with Crippen LogP contribution in [0.15, 0.2) is 48.8 Å². The van der Waals surface area contributed by atoms with Crippen molar-refractivity contribution in [3.05, 3.63) is 54.6 Å². The molecule has 3 rings (SSSR count). The Labute approximate surface area is 139 Å². The number of benzene rings is 1. The minimum Gasteiger partial charge on any atom is -0.282 e. The third-order valence-corrected chi connectivity index (χ3v) is 3.67. The standard InChI is InChI=1S/C15H13FN4O3S/c1-20(23-24(21)22)15-13(10-2-4-12(16)5-3-10)14(18-19-15)11-6-8-17-9-7-11/h2-9H,1H3,(H,18,19)(H,21,22). The van der Waals surface area contributed by atoms with Crippen molar-refractivity contribution < 1.29 is 17.4 Å². The van der Waals surface area contributed by atoms with Gasteiger partial charge in [-0.2, -0.15) is 9.31 Å². The SMILES string of the molecule is CN(OS(=O)O)c1n[nH]c(-c2ccncc2)c1-c1ccc(F)cc1. The van der Waals surface area contributed by atoms with Gasteiger partial charge in [0.25, 0.3) is 0 Å². The molecular weight excluding hydrogens is 335 g/mol. The molecule has 7 nitrogen and oxygen atoms in total. The normalized spacial score (nSPS) is 12.1. The summed E-state index contributed by atoms with van der Waals surface area (Å²) in [6.45, 7) is 0. The number of aromatic amines is 1. The number of anilines is 1. The van der Waals surface area contributed by atoms with Gasteiger partial charge in [0.1, 0.15) is 5.82 Å². The van der Waals surface area contributed by atoms with E-state index in [2.05, 4.69) is 15.2 Å². The third kappa shape index (κ3) is 3.32. The zero-order valence-electron chi connectivity index (χ0n) is 12.5. The number of nitrogens with one attached hydrogen (secondary N) is 1. The highest BCUT2D eigenvalue weighted by Gasteiger charge is 2.21. The third-order valence-electron chi connectivity index (χ3n) is 3.32. The largest absolute Gasteiger partial charge is 0.325 e. The highest BCUT2D eigenvalue weighted by molar-refractivity contribution is 7.74. The molecule has 0 fully saturated rings. The summed E-state index contributed by atoms with van der Waals surface area (Å²) in [5.41, 5.74) is 2.74. The van der Waals surface area contributed by atoms with Crippen LogP contribution in [0, 0.1) is 5.82 Å². The molecule has 24 heavy (non-hydrogen) atoms. The minimum absolute atomic E-state index is 0.288. The molecule has 124 valence electrons. The van der Waals surface area contributed by atoms with E-state index in [4.69, 9.17) is 8.84 Å². The van der Waals surface area contributed by atoms with Crippen molar-refractivity contribution in [1.29, 1.82) is 0 Å². The average Bonchev–Trinajstić information content (AvgIpc) is 3.01. The van der Waals surface area contributed by atoms with E-state index < -0.39 is 11.4 Å². The highest BCUT2D eigenvalue weighted by Crippen LogP contribution is 2.37. The molecule has 0 aliphatic carbocycles. The number of aromatic nitrogens is 3. The van der Waals surface area contributed by atoms with Gasteiger partial charge in [0.15, 0.2) is 5.82 Å². The molecule has 0 bridgehead atoms. The van der Waals surface area contributed by atoms with Crippen LogP contribution in [0.2, 0.25) is 0 Å². The van der Waals surface area contributed by atoms with Crippen molar-refractivity contribution in [3.63, 3.8) is 0 Å². The predicted octanol–water partition coefficient (Wildman–Crippen LogP) is 2.78. The second-order valence-corrected chi connectivity index (χ2v) is 5.41. The fraction of sp³-hybridized carbons (Fsp3) is 0.0667. The maximum atomic E-state index is 13.2. The van der Waals surface area contributed by atoms with E-state index >= 15 is 0 Å². The zero-order valence-corrected chi connectivity index (χ0v) is 13.3. The Kier molecular flexibility index (Phi) is 4.65. The van der Waals surface area contributed by atoms with Gasteiger partial charge < -0.3 is 0 Å². The topological polar surface area (TPSA) is 91.3 Å². The summed E-state index contributed by atoms with van der Waals surface area (Å²) in [5.74, 6) is -0.0776. The van der Waals surface area contributed by atoms with E-state index in [0.717, 1.165) is 10.6 Å². The van der Waals surface area contributed by atoms with Crippen LogP contribution in [0.1, 0.15) is 0 Å². The van der Waals surface area contributed by atoms with Crippen LogP contribution >= 0.6 is 0 Å². The van der Waals surface area contributed by atoms with E-state index in [-0.39, 0.29) is 11.6 Å². The van der Waals surface area contributed by atoms with Crippen molar-refractivity contribution in [2.45, 2.75) is 0 Å². The molecule has 0 spiro atoms. The summed E-state index contributed by atoms with van der Waals surface area (Å²) >= 11 is -2.50. The first-order chi connectivity index (χ1) is 11.6. The Bertz CT molecular complexity index is 855. The second-order valence-electron chi connectivity index (χ2n) is 4.83. The Balaban J connectivity index is 2.15. The highest BCUT2D eigenvalue weighted by atomic mass is 32.2. The van der Waals surface area contributed by atoms with Gasteiger partial charge in [0, 0.05) is 25.0 Å². The summed E-state index contributed by atoms with van der Waals surface area (Å²) in [7, 11) is 1.45. The predicted molar refractivity (Wildman–Crippen MR) is 87.5 cm³/mol. The molecule has 3 aromatic rings. The van der Waals surface area contributed by atoms with Crippen LogP contribution in [0.4, 0.5) is 10.2 Å². The molecule has 0 saturated heterocycles. The van der Waals surface area contributed by atoms with Gasteiger partial charge in [0.2, 0.25) is 0 Å². The quantitative estimate of drug-likeness (QED) is 0.544. The number of hydroxylamine groups is 1. The summed E-state index contributed by atoms with van der Waals surface area (Å²) in [4.78, 5) is 3.97. The van der Waals surface area contributed by atoms with Gasteiger partial charge in [0.05, 0.1) is 11.3 Å². The number of halogens is 1. The Morgan fingerprint density at radius 1 is 1.17 bits per heavy atom. The maximum Gasteiger partial charge on any atom is 0.325 e. The molecule has 0 radical (unpaired) electrons. The summed E-state index contributed by atoms with van der Waals surface area (Å²) < 4.78 is 37.8. The zero-order chi connectivity index (χ0) is 17.1. The number of pyridine rings is 1. The first-order valence-electron chi connectivity index (χ1n) is 6.84. The number of hydrogen-bond acceptors (Lipinski definition) is 5. The summed E-state index contributed by atoms with van der Waals surface area (Å²) in [6.07, 6.45) is 3.26. The Hall–Kier alpha value is -2.62. The van der Waals surface area contributed by atoms with Crippen LogP contribution in [-0.4, -0.2) is 31.0 Å². The van der Waals surface area contributed by atoms with E-state index in [1.165, 1.54) is 19.2 Å². The fourth-order valence-corrected chi connectivity index (χ4v) is 2.57. The van der Waals surface area contributed by atoms with Gasteiger partial charge in [-0.1, -0.05) is 12.1 Å². The molecule has 9 heteroatoms. The lowest BCUT2D eigenvalue weighted by Gasteiger charge is -2.15. The molecular formula is C15H13FN4O3S. The molecule has 2 aromatic heterocycles. The van der Waals surface area contributed by atoms with Crippen LogP contribution in [-0.2, 0) is 15.6 Å². The molecule has 0 saturated carbocycles. The van der Waals surface area contributed by atoms with Crippen molar-refractivity contribution >= 4 is 17.2 Å². The molecule has 0 aliphatic rings. The van der Waals surface area contributed by atoms with Crippen LogP contribution < -0.4 is 5.06 Å². The summed E-state index contributed by atoms with van der Waals surface area (Å²) in [6, 6.07) is 9.42. The van der Waals surface area contributed by atoms with Crippen molar-refractivity contribution in [3.8, 4) is 22.4 Å². The lowest BCUT2D eigenvalue weighted by Crippen LogP contribution is -2.20. The van der Waals surface area contributed by atoms with E-state index in [1.807, 2.05) is 0 Å². The van der Waals surface area contributed by atoms with Crippen molar-refractivity contribution in [1.82, 2.24) is 15.2 Å². The van der Waals surface area contributed by atoms with E-state index in [0.29, 0.717) is 16.8 Å². The molecule has 1 atom stereocenters. The minimum atomic E-state index is -2.50. The van der Waals surface area contributed by atoms with Gasteiger partial charge in [-0.05, 0) is 29.8 Å². The number of hydrogen-bond donors (Lipinski definition) is 2. The number of H-pyrrole nitrogens is 1. The van der Waals surface area contributed by atoms with Crippen LogP contribution in [0.3, 0.4) is 0 Å². The lowest BCUT2D eigenvalue weighted by molar-refractivity contribution is 0.292. The molecule has 2 heterocycles. The smallest absolute Gasteiger partial charge is 0.282 e. The van der Waals surface area contributed by atoms with Crippen LogP contribution in [0.5, 0.6) is 0 Å². The van der Waals surface area contributed by atoms with E-state index in [9.17, 15) is 8.60 Å². The van der Waals surface area contributed by atoms with Crippen molar-refractivity contribution in [2.75, 3.05) is 12.1 Å². The van der Waals surface area contributed by atoms with Crippen LogP contribution in [0.25, 0.3) is 22.4 Å². The molecule has 0 amide bonds. The van der Waals surface area contributed by atoms with E-state index in [1.54, 1.807) is 36.7 Å².